The molecule has 0 aliphatic carbocycles. The van der Waals surface area contributed by atoms with Crippen molar-refractivity contribution in [3.8, 4) is 89.5 Å². The van der Waals surface area contributed by atoms with E-state index in [9.17, 15) is 0 Å². The zero-order chi connectivity index (χ0) is 80.9. The summed E-state index contributed by atoms with van der Waals surface area (Å²) in [6, 6.07) is 65.5. The van der Waals surface area contributed by atoms with Crippen LogP contribution in [0.25, 0.3) is 89.5 Å². The van der Waals surface area contributed by atoms with Gasteiger partial charge in [-0.3, -0.25) is 0 Å². The van der Waals surface area contributed by atoms with Gasteiger partial charge in [0.05, 0.1) is 0 Å². The maximum Gasteiger partial charge on any atom is 0.212 e. The van der Waals surface area contributed by atoms with Crippen LogP contribution in [0.1, 0.15) is 153 Å². The van der Waals surface area contributed by atoms with Gasteiger partial charge >= 0.3 is 0 Å². The van der Waals surface area contributed by atoms with Crippen LogP contribution in [0, 0.1) is 75.9 Å². The van der Waals surface area contributed by atoms with E-state index in [2.05, 4.69) is 240 Å². The van der Waals surface area contributed by atoms with Crippen molar-refractivity contribution in [2.75, 3.05) is 0 Å². The molecule has 0 saturated carbocycles. The number of hydrogen-bond donors (Lipinski definition) is 0. The van der Waals surface area contributed by atoms with Crippen LogP contribution in [-0.2, 0) is 59.2 Å². The highest BCUT2D eigenvalue weighted by atomic mass is 14.9. The molecule has 0 aliphatic rings. The number of aromatic nitrogens is 4. The second kappa shape index (κ2) is 32.4. The summed E-state index contributed by atoms with van der Waals surface area (Å²) in [5.41, 5.74) is 32.8. The average Bonchev–Trinajstić information content (AvgIpc) is 0.764. The van der Waals surface area contributed by atoms with Gasteiger partial charge in [-0.05, 0) is 243 Å². The van der Waals surface area contributed by atoms with E-state index in [0.29, 0.717) is 27.9 Å². The summed E-state index contributed by atoms with van der Waals surface area (Å²) in [7, 11) is 8.07. The second-order valence-electron chi connectivity index (χ2n) is 27.7. The maximum absolute atomic E-state index is 8.20. The Hall–Kier alpha value is -9.64. The summed E-state index contributed by atoms with van der Waals surface area (Å²) in [5, 5.41) is 0. The summed E-state index contributed by atoms with van der Waals surface area (Å²) >= 11 is 0. The molecule has 4 nitrogen and oxygen atoms in total. The Morgan fingerprint density at radius 2 is 0.576 bits per heavy atom. The molecule has 12 rings (SSSR count). The van der Waals surface area contributed by atoms with Gasteiger partial charge < -0.3 is 0 Å². The molecule has 0 saturated heterocycles. The topological polar surface area (TPSA) is 15.5 Å². The lowest BCUT2D eigenvalue weighted by molar-refractivity contribution is -0.661. The number of hydrogen-bond acceptors (Lipinski definition) is 0. The van der Waals surface area contributed by atoms with Gasteiger partial charge in [0.25, 0.3) is 0 Å². The van der Waals surface area contributed by atoms with Gasteiger partial charge in [0.1, 0.15) is 28.2 Å². The van der Waals surface area contributed by atoms with Crippen LogP contribution in [0.5, 0.6) is 0 Å². The minimum absolute atomic E-state index is 0.0451. The molecule has 4 heterocycles. The molecule has 0 fully saturated rings. The standard InChI is InChI=1S/C25H30N.C24H28N.2C23H26N/c1-17-13-18(2)22(15-21(17)20-11-9-8-10-12-20)24-14-19(3)23(16-26(24)7)25(4,5)6;1-6-19-14-24(25(5)16-20(19)7-2)23-15-22(17(3)13-18(23)4)21-11-9-8-10-12-21;2*1-6-19-13-23(24(5)15-18(19)4)22-14-21(16(2)12-17(22)3)20-10-8-7-9-11-20/h8-16H,1-7H3;8-16H,6-7H2,1-5H3;2*7-15H,6H2,1-5H3/q4*+1/i1D3;;2D3,4D3,6D2;. The van der Waals surface area contributed by atoms with Crippen molar-refractivity contribution >= 4 is 0 Å². The largest absolute Gasteiger partial charge is 0.212 e. The van der Waals surface area contributed by atoms with E-state index in [-0.39, 0.29) is 22.1 Å². The summed E-state index contributed by atoms with van der Waals surface area (Å²) in [5.74, 6) is 0. The number of nitrogens with zero attached hydrogens (tertiary/aromatic N) is 4. The zero-order valence-corrected chi connectivity index (χ0v) is 62.2. The number of benzene rings is 8. The molecule has 0 atom stereocenters. The third-order valence-corrected chi connectivity index (χ3v) is 19.3. The van der Waals surface area contributed by atoms with Gasteiger partial charge in [-0.2, -0.15) is 0 Å². The van der Waals surface area contributed by atoms with Crippen molar-refractivity contribution in [1.82, 2.24) is 0 Å². The molecule has 0 radical (unpaired) electrons. The molecule has 99 heavy (non-hydrogen) atoms. The van der Waals surface area contributed by atoms with Gasteiger partial charge in [0.2, 0.25) is 22.8 Å². The number of rotatable bonds is 12. The summed E-state index contributed by atoms with van der Waals surface area (Å²) in [6.45, 7) is 24.7. The molecule has 0 unspecified atom stereocenters. The molecule has 0 bridgehead atoms. The highest BCUT2D eigenvalue weighted by Gasteiger charge is 2.25. The lowest BCUT2D eigenvalue weighted by Crippen LogP contribution is -2.34. The van der Waals surface area contributed by atoms with Crippen LogP contribution in [0.3, 0.4) is 0 Å². The van der Waals surface area contributed by atoms with Crippen LogP contribution >= 0.6 is 0 Å². The fourth-order valence-electron chi connectivity index (χ4n) is 13.9. The van der Waals surface area contributed by atoms with Crippen molar-refractivity contribution in [1.29, 1.82) is 0 Å². The molecule has 0 spiro atoms. The molecule has 4 aromatic heterocycles. The van der Waals surface area contributed by atoms with Gasteiger partial charge in [-0.25, -0.2) is 18.3 Å². The second-order valence-corrected chi connectivity index (χ2v) is 27.7. The highest BCUT2D eigenvalue weighted by molar-refractivity contribution is 5.80. The molecule has 12 aromatic rings. The fourth-order valence-corrected chi connectivity index (χ4v) is 13.9. The molecule has 0 amide bonds. The van der Waals surface area contributed by atoms with Gasteiger partial charge in [0, 0.05) is 83.9 Å². The molecule has 4 heteroatoms. The number of aryl methyl sites for hydroxylation is 19. The Morgan fingerprint density at radius 3 is 0.919 bits per heavy atom. The third kappa shape index (κ3) is 17.1. The predicted molar refractivity (Wildman–Crippen MR) is 422 cm³/mol. The van der Waals surface area contributed by atoms with E-state index in [1.54, 1.807) is 36.7 Å². The van der Waals surface area contributed by atoms with Crippen LogP contribution in [0.2, 0.25) is 0 Å². The highest BCUT2D eigenvalue weighted by Crippen LogP contribution is 2.37. The lowest BCUT2D eigenvalue weighted by atomic mass is 9.84. The van der Waals surface area contributed by atoms with Crippen LogP contribution in [-0.4, -0.2) is 0 Å². The lowest BCUT2D eigenvalue weighted by Gasteiger charge is -2.21. The Bertz CT molecular complexity index is 5280. The zero-order valence-electron chi connectivity index (χ0n) is 73.2. The van der Waals surface area contributed by atoms with E-state index in [0.717, 1.165) is 52.8 Å². The normalized spacial score (nSPS) is 13.3. The van der Waals surface area contributed by atoms with Gasteiger partial charge in [-0.15, -0.1) is 0 Å². The van der Waals surface area contributed by atoms with E-state index in [1.165, 1.54) is 114 Å². The molecule has 0 N–H and O–H groups in total. The summed E-state index contributed by atoms with van der Waals surface area (Å²) in [4.78, 5) is 0. The SMILES string of the molecule is CCc1cc(-c2cc(-c3ccccc3)c(C)cc2C)[n+](C)cc1C.CCc1cc(-c2cc(-c3ccccc3)c(C)cc2C)[n+](C)cc1CC.[2H]C([2H])([2H])c1cc(C)c(-c2cc(C([2H])([2H])C)c(C([2H])([2H])[2H])c[n+]2C)cc1-c1ccccc1.[2H]C([2H])([2H])c1cc(C)c(-c2cc(C)c(C(C)(C)C)c[n+]2C)cc1-c1ccccc1. The first-order valence-electron chi connectivity index (χ1n) is 40.4. The number of pyridine rings is 4. The predicted octanol–water partition coefficient (Wildman–Crippen LogP) is 22.3. The first-order chi connectivity index (χ1) is 51.5. The summed E-state index contributed by atoms with van der Waals surface area (Å²) < 4.78 is 96.4. The van der Waals surface area contributed by atoms with Crippen molar-refractivity contribution < 1.29 is 33.3 Å². The van der Waals surface area contributed by atoms with Crippen molar-refractivity contribution in [3.63, 3.8) is 0 Å². The third-order valence-electron chi connectivity index (χ3n) is 19.3. The minimum Gasteiger partial charge on any atom is -0.201 e. The smallest absolute Gasteiger partial charge is 0.201 e. The Balaban J connectivity index is 0.000000170. The maximum atomic E-state index is 8.20. The molecule has 506 valence electrons. The molecule has 8 aromatic carbocycles. The van der Waals surface area contributed by atoms with E-state index < -0.39 is 26.9 Å². The molecular weight excluding hydrogens is 1200 g/mol. The van der Waals surface area contributed by atoms with E-state index in [1.807, 2.05) is 79.7 Å². The van der Waals surface area contributed by atoms with Crippen molar-refractivity contribution in [3.05, 3.63) is 308 Å². The monoisotopic (exact) mass is 1320 g/mol. The van der Waals surface area contributed by atoms with Crippen LogP contribution < -0.4 is 18.3 Å². The minimum atomic E-state index is -2.47. The van der Waals surface area contributed by atoms with Gasteiger partial charge in [-0.1, -0.05) is 194 Å². The van der Waals surface area contributed by atoms with E-state index in [4.69, 9.17) is 15.1 Å². The summed E-state index contributed by atoms with van der Waals surface area (Å²) in [6.07, 6.45) is 9.54. The first-order valence-corrected chi connectivity index (χ1v) is 34.9. The van der Waals surface area contributed by atoms with Crippen molar-refractivity contribution in [2.24, 2.45) is 28.2 Å². The Morgan fingerprint density at radius 1 is 0.283 bits per heavy atom. The first kappa shape index (κ1) is 59.4. The average molecular weight is 1320 g/mol. The molecule has 0 aliphatic heterocycles. The van der Waals surface area contributed by atoms with Crippen LogP contribution in [0.4, 0.5) is 0 Å². The van der Waals surface area contributed by atoms with Gasteiger partial charge in [0.15, 0.2) is 24.8 Å². The van der Waals surface area contributed by atoms with E-state index >= 15 is 0 Å². The molecular formula is C95H110N4+4. The Kier molecular flexibility index (Phi) is 19.4. The van der Waals surface area contributed by atoms with Crippen molar-refractivity contribution in [2.45, 2.75) is 155 Å². The van der Waals surface area contributed by atoms with Crippen LogP contribution in [0.15, 0.2) is 219 Å². The fraction of sp³-hybridized carbons (Fsp3) is 0.284. The Labute approximate surface area is 611 Å². The quantitative estimate of drug-likeness (QED) is 0.108.